The zero-order chi connectivity index (χ0) is 16.2. The summed E-state index contributed by atoms with van der Waals surface area (Å²) in [6, 6.07) is 2.59. The highest BCUT2D eigenvalue weighted by atomic mass is 19.4. The molecule has 0 unspecified atom stereocenters. The molecule has 0 heterocycles. The van der Waals surface area contributed by atoms with Gasteiger partial charge in [-0.2, -0.15) is 18.2 Å². The minimum atomic E-state index is -4.57. The fourth-order valence-electron chi connectivity index (χ4n) is 1.38. The second-order valence-corrected chi connectivity index (χ2v) is 3.92. The molecule has 1 amide bonds. The molecular weight excluding hydrogens is 289 g/mol. The maximum absolute atomic E-state index is 12.7. The van der Waals surface area contributed by atoms with E-state index in [1.807, 2.05) is 0 Å². The normalized spacial score (nSPS) is 11.9. The number of halogens is 3. The van der Waals surface area contributed by atoms with E-state index in [-0.39, 0.29) is 11.4 Å². The number of hydrogen-bond donors (Lipinski definition) is 4. The van der Waals surface area contributed by atoms with Crippen LogP contribution in [0.25, 0.3) is 0 Å². The molecule has 0 aliphatic heterocycles. The molecule has 1 aromatic carbocycles. The van der Waals surface area contributed by atoms with Crippen LogP contribution in [0, 0.1) is 0 Å². The van der Waals surface area contributed by atoms with Crippen molar-refractivity contribution >= 4 is 29.2 Å². The van der Waals surface area contributed by atoms with Gasteiger partial charge in [0.05, 0.1) is 16.9 Å². The molecule has 0 radical (unpaired) electrons. The first-order valence-electron chi connectivity index (χ1n) is 5.52. The Bertz CT molecular complexity index is 604. The largest absolute Gasteiger partial charge is 0.416 e. The number of rotatable bonds is 2. The van der Waals surface area contributed by atoms with Gasteiger partial charge >= 0.3 is 6.18 Å². The van der Waals surface area contributed by atoms with Crippen molar-refractivity contribution in [2.24, 2.45) is 27.2 Å². The number of nitrogens with one attached hydrogen (secondary N) is 1. The second kappa shape index (κ2) is 6.11. The Morgan fingerprint density at radius 1 is 1.24 bits per heavy atom. The number of nitrogens with zero attached hydrogens (tertiary/aromatic N) is 2. The second-order valence-electron chi connectivity index (χ2n) is 3.92. The number of aliphatic imine (C=N–C) groups is 2. The third-order valence-corrected chi connectivity index (χ3v) is 2.11. The molecule has 0 atom stereocenters. The van der Waals surface area contributed by atoms with Gasteiger partial charge in [-0.15, -0.1) is 0 Å². The topological polar surface area (TPSA) is 132 Å². The third kappa shape index (κ3) is 5.01. The van der Waals surface area contributed by atoms with Gasteiger partial charge in [0.1, 0.15) is 0 Å². The van der Waals surface area contributed by atoms with Crippen LogP contribution in [0.4, 0.5) is 24.5 Å². The Morgan fingerprint density at radius 3 is 2.33 bits per heavy atom. The molecule has 0 spiro atoms. The van der Waals surface area contributed by atoms with Gasteiger partial charge in [0.25, 0.3) is 0 Å². The lowest BCUT2D eigenvalue weighted by molar-refractivity contribution is -0.137. The Morgan fingerprint density at radius 2 is 1.86 bits per heavy atom. The molecule has 1 rings (SSSR count). The lowest BCUT2D eigenvalue weighted by Crippen LogP contribution is -2.26. The van der Waals surface area contributed by atoms with Gasteiger partial charge in [-0.05, 0) is 18.2 Å². The number of nitrogens with two attached hydrogens (primary N) is 3. The van der Waals surface area contributed by atoms with Crippen LogP contribution < -0.4 is 22.5 Å². The average Bonchev–Trinajstić information content (AvgIpc) is 2.28. The van der Waals surface area contributed by atoms with Crippen molar-refractivity contribution in [2.45, 2.75) is 13.1 Å². The Kier molecular flexibility index (Phi) is 4.74. The molecule has 0 bridgehead atoms. The molecule has 1 aromatic rings. The van der Waals surface area contributed by atoms with Crippen molar-refractivity contribution in [3.05, 3.63) is 23.8 Å². The minimum Gasteiger partial charge on any atom is -0.370 e. The van der Waals surface area contributed by atoms with Crippen LogP contribution in [-0.2, 0) is 11.0 Å². The first kappa shape index (κ1) is 16.3. The van der Waals surface area contributed by atoms with Gasteiger partial charge in [-0.3, -0.25) is 4.79 Å². The first-order chi connectivity index (χ1) is 9.59. The number of hydrogen-bond acceptors (Lipinski definition) is 2. The standard InChI is InChI=1S/C11H13F3N6O/c1-5(21)18-7-3-2-6(11(12,13)14)4-8(7)19-10(17)20-9(15)16/h2-4H,1H3,(H,18,21)(H6,15,16,17,19,20). The minimum absolute atomic E-state index is 0.0456. The van der Waals surface area contributed by atoms with Crippen LogP contribution in [0.2, 0.25) is 0 Å². The lowest BCUT2D eigenvalue weighted by atomic mass is 10.1. The summed E-state index contributed by atoms with van der Waals surface area (Å²) in [4.78, 5) is 18.1. The Balaban J connectivity index is 3.35. The lowest BCUT2D eigenvalue weighted by Gasteiger charge is -2.11. The molecule has 0 aliphatic rings. The third-order valence-electron chi connectivity index (χ3n) is 2.11. The summed E-state index contributed by atoms with van der Waals surface area (Å²) >= 11 is 0. The summed E-state index contributed by atoms with van der Waals surface area (Å²) in [5, 5.41) is 2.33. The van der Waals surface area contributed by atoms with E-state index in [1.54, 1.807) is 0 Å². The summed E-state index contributed by atoms with van der Waals surface area (Å²) < 4.78 is 38.0. The summed E-state index contributed by atoms with van der Waals surface area (Å²) in [5.41, 5.74) is 14.4. The first-order valence-corrected chi connectivity index (χ1v) is 5.52. The van der Waals surface area contributed by atoms with Crippen molar-refractivity contribution in [1.29, 1.82) is 0 Å². The number of anilines is 1. The van der Waals surface area contributed by atoms with Crippen LogP contribution in [0.1, 0.15) is 12.5 Å². The monoisotopic (exact) mass is 302 g/mol. The number of amides is 1. The molecule has 0 aromatic heterocycles. The number of guanidine groups is 2. The Hall–Kier alpha value is -2.78. The fraction of sp³-hybridized carbons (Fsp3) is 0.182. The van der Waals surface area contributed by atoms with Crippen LogP contribution in [0.5, 0.6) is 0 Å². The molecule has 7 N–H and O–H groups in total. The van der Waals surface area contributed by atoms with Gasteiger partial charge < -0.3 is 22.5 Å². The average molecular weight is 302 g/mol. The highest BCUT2D eigenvalue weighted by molar-refractivity contribution is 5.96. The molecule has 0 aliphatic carbocycles. The molecule has 114 valence electrons. The van der Waals surface area contributed by atoms with Gasteiger partial charge in [-0.1, -0.05) is 0 Å². The van der Waals surface area contributed by atoms with E-state index >= 15 is 0 Å². The maximum Gasteiger partial charge on any atom is 0.416 e. The smallest absolute Gasteiger partial charge is 0.370 e. The van der Waals surface area contributed by atoms with Crippen molar-refractivity contribution in [3.8, 4) is 0 Å². The number of alkyl halides is 3. The number of carbonyl (C=O) groups excluding carboxylic acids is 1. The highest BCUT2D eigenvalue weighted by Gasteiger charge is 2.31. The van der Waals surface area contributed by atoms with Crippen molar-refractivity contribution in [3.63, 3.8) is 0 Å². The Labute approximate surface area is 117 Å². The van der Waals surface area contributed by atoms with E-state index in [0.29, 0.717) is 0 Å². The van der Waals surface area contributed by atoms with Crippen molar-refractivity contribution in [1.82, 2.24) is 0 Å². The SMILES string of the molecule is CC(=O)Nc1ccc(C(F)(F)F)cc1N=C(N)N=C(N)N. The molecule has 10 heteroatoms. The van der Waals surface area contributed by atoms with Crippen LogP contribution >= 0.6 is 0 Å². The fourth-order valence-corrected chi connectivity index (χ4v) is 1.38. The van der Waals surface area contributed by atoms with Crippen LogP contribution in [0.3, 0.4) is 0 Å². The number of carbonyl (C=O) groups is 1. The summed E-state index contributed by atoms with van der Waals surface area (Å²) in [7, 11) is 0. The maximum atomic E-state index is 12.7. The molecule has 7 nitrogen and oxygen atoms in total. The van der Waals surface area contributed by atoms with Gasteiger partial charge in [0.2, 0.25) is 11.9 Å². The predicted octanol–water partition coefficient (Wildman–Crippen LogP) is 0.883. The molecule has 0 saturated carbocycles. The van der Waals surface area contributed by atoms with E-state index in [4.69, 9.17) is 17.2 Å². The summed E-state index contributed by atoms with van der Waals surface area (Å²) in [6.45, 7) is 1.20. The highest BCUT2D eigenvalue weighted by Crippen LogP contribution is 2.35. The zero-order valence-corrected chi connectivity index (χ0v) is 10.9. The van der Waals surface area contributed by atoms with Gasteiger partial charge in [0, 0.05) is 6.92 Å². The van der Waals surface area contributed by atoms with E-state index in [1.165, 1.54) is 6.92 Å². The van der Waals surface area contributed by atoms with E-state index in [9.17, 15) is 18.0 Å². The molecule has 0 fully saturated rings. The number of benzene rings is 1. The zero-order valence-electron chi connectivity index (χ0n) is 10.9. The van der Waals surface area contributed by atoms with Gasteiger partial charge in [-0.25, -0.2) is 4.99 Å². The predicted molar refractivity (Wildman–Crippen MR) is 72.8 cm³/mol. The summed E-state index contributed by atoms with van der Waals surface area (Å²) in [5.74, 6) is -1.32. The van der Waals surface area contributed by atoms with Crippen molar-refractivity contribution in [2.75, 3.05) is 5.32 Å². The molecular formula is C11H13F3N6O. The van der Waals surface area contributed by atoms with Gasteiger partial charge in [0.15, 0.2) is 5.96 Å². The van der Waals surface area contributed by atoms with Crippen LogP contribution in [0.15, 0.2) is 28.2 Å². The van der Waals surface area contributed by atoms with Crippen LogP contribution in [-0.4, -0.2) is 17.8 Å². The van der Waals surface area contributed by atoms with E-state index < -0.39 is 29.6 Å². The van der Waals surface area contributed by atoms with E-state index in [2.05, 4.69) is 15.3 Å². The van der Waals surface area contributed by atoms with E-state index in [0.717, 1.165) is 18.2 Å². The summed E-state index contributed by atoms with van der Waals surface area (Å²) in [6.07, 6.45) is -4.57. The molecule has 21 heavy (non-hydrogen) atoms. The van der Waals surface area contributed by atoms with Crippen molar-refractivity contribution < 1.29 is 18.0 Å². The molecule has 0 saturated heterocycles. The quantitative estimate of drug-likeness (QED) is 0.477.